The Bertz CT molecular complexity index is 2010. The maximum Gasteiger partial charge on any atom is 0.243 e. The Morgan fingerprint density at radius 2 is 1.74 bits per heavy atom. The second-order valence-corrected chi connectivity index (χ2v) is 11.8. The molecule has 0 aliphatic carbocycles. The number of hydrogen-bond donors (Lipinski definition) is 1. The summed E-state index contributed by atoms with van der Waals surface area (Å²) in [6, 6.07) is 13.5. The predicted octanol–water partition coefficient (Wildman–Crippen LogP) is 6.53. The molecule has 2 aromatic heterocycles. The highest BCUT2D eigenvalue weighted by atomic mass is 35.5. The standard InChI is InChI=1S/C35H29ClF2N4O4/c1-19(43)28-17-41(30-13-32(44)26(12-27(28)30)22-14-39-20(2)40-15-22)18-34(46)42-16-23(37)11-31(42)33(45)10-21-6-5-8-25(35(21)38)24-7-3-4-9-29(24)36/h3-9,12-15,17,23,31,44H,10-11,16,18H2,1-2H3/t23-,31+/m1/s1. The number of phenolic OH excluding ortho intramolecular Hbond substituents is 1. The summed E-state index contributed by atoms with van der Waals surface area (Å²) >= 11 is 6.27. The highest BCUT2D eigenvalue weighted by Gasteiger charge is 2.40. The SMILES string of the molecule is CC(=O)c1cn(CC(=O)N2C[C@H](F)C[C@H]2C(=O)Cc2cccc(-c3ccccc3Cl)c2F)c2cc(O)c(-c3cnc(C)nc3)cc12. The van der Waals surface area contributed by atoms with Crippen LogP contribution in [0.15, 0.2) is 73.2 Å². The van der Waals surface area contributed by atoms with Crippen LogP contribution in [0.4, 0.5) is 8.78 Å². The number of carbonyl (C=O) groups excluding carboxylic acids is 3. The van der Waals surface area contributed by atoms with E-state index < -0.39 is 29.7 Å². The predicted molar refractivity (Wildman–Crippen MR) is 170 cm³/mol. The van der Waals surface area contributed by atoms with Gasteiger partial charge in [-0.3, -0.25) is 14.4 Å². The van der Waals surface area contributed by atoms with Gasteiger partial charge in [-0.25, -0.2) is 18.7 Å². The van der Waals surface area contributed by atoms with Gasteiger partial charge in [0.05, 0.1) is 18.1 Å². The monoisotopic (exact) mass is 642 g/mol. The molecule has 11 heteroatoms. The van der Waals surface area contributed by atoms with Gasteiger partial charge in [-0.15, -0.1) is 0 Å². The second kappa shape index (κ2) is 12.4. The number of fused-ring (bicyclic) bond motifs is 1. The zero-order chi connectivity index (χ0) is 32.7. The molecule has 0 radical (unpaired) electrons. The molecule has 0 spiro atoms. The fraction of sp³-hybridized carbons (Fsp3) is 0.229. The van der Waals surface area contributed by atoms with E-state index in [1.54, 1.807) is 61.8 Å². The van der Waals surface area contributed by atoms with Crippen LogP contribution in [-0.2, 0) is 22.6 Å². The van der Waals surface area contributed by atoms with Crippen molar-refractivity contribution in [1.82, 2.24) is 19.4 Å². The van der Waals surface area contributed by atoms with Crippen LogP contribution in [0.1, 0.15) is 35.1 Å². The first-order valence-electron chi connectivity index (χ1n) is 14.7. The lowest BCUT2D eigenvalue weighted by Crippen LogP contribution is -2.42. The van der Waals surface area contributed by atoms with E-state index in [0.717, 1.165) is 0 Å². The molecule has 1 saturated heterocycles. The molecule has 0 unspecified atom stereocenters. The average molecular weight is 643 g/mol. The van der Waals surface area contributed by atoms with Crippen molar-refractivity contribution in [3.8, 4) is 28.0 Å². The molecule has 5 aromatic rings. The summed E-state index contributed by atoms with van der Waals surface area (Å²) in [5.74, 6) is -1.46. The smallest absolute Gasteiger partial charge is 0.243 e. The Morgan fingerprint density at radius 3 is 2.46 bits per heavy atom. The number of hydrogen-bond acceptors (Lipinski definition) is 6. The first kappa shape index (κ1) is 31.0. The molecule has 3 aromatic carbocycles. The van der Waals surface area contributed by atoms with E-state index in [9.17, 15) is 23.9 Å². The van der Waals surface area contributed by atoms with Gasteiger partial charge < -0.3 is 14.6 Å². The first-order valence-corrected chi connectivity index (χ1v) is 15.0. The molecule has 6 rings (SSSR count). The van der Waals surface area contributed by atoms with Gasteiger partial charge in [-0.1, -0.05) is 48.0 Å². The Labute approximate surface area is 268 Å². The number of phenols is 1. The van der Waals surface area contributed by atoms with Gasteiger partial charge in [0, 0.05) is 75.7 Å². The van der Waals surface area contributed by atoms with Crippen LogP contribution in [0.3, 0.4) is 0 Å². The average Bonchev–Trinajstić information content (AvgIpc) is 3.59. The number of aromatic nitrogens is 3. The van der Waals surface area contributed by atoms with Crippen LogP contribution < -0.4 is 0 Å². The molecule has 1 fully saturated rings. The quantitative estimate of drug-likeness (QED) is 0.193. The van der Waals surface area contributed by atoms with Crippen molar-refractivity contribution in [2.45, 2.75) is 45.4 Å². The lowest BCUT2D eigenvalue weighted by molar-refractivity contribution is -0.137. The number of amides is 1. The van der Waals surface area contributed by atoms with Gasteiger partial charge >= 0.3 is 0 Å². The summed E-state index contributed by atoms with van der Waals surface area (Å²) in [6.07, 6.45) is 2.65. The molecule has 46 heavy (non-hydrogen) atoms. The topological polar surface area (TPSA) is 105 Å². The molecule has 0 saturated carbocycles. The van der Waals surface area contributed by atoms with Crippen LogP contribution in [-0.4, -0.2) is 60.8 Å². The Morgan fingerprint density at radius 1 is 1.02 bits per heavy atom. The van der Waals surface area contributed by atoms with Crippen molar-refractivity contribution in [3.05, 3.63) is 101 Å². The third kappa shape index (κ3) is 5.88. The molecule has 3 heterocycles. The molecule has 0 bridgehead atoms. The maximum absolute atomic E-state index is 15.6. The number of alkyl halides is 1. The number of rotatable bonds is 8. The lowest BCUT2D eigenvalue weighted by Gasteiger charge is -2.24. The molecule has 1 aliphatic heterocycles. The third-order valence-corrected chi connectivity index (χ3v) is 8.65. The zero-order valence-electron chi connectivity index (χ0n) is 25.0. The van der Waals surface area contributed by atoms with Crippen LogP contribution in [0.2, 0.25) is 5.02 Å². The van der Waals surface area contributed by atoms with E-state index in [1.807, 2.05) is 0 Å². The fourth-order valence-electron chi connectivity index (χ4n) is 6.01. The van der Waals surface area contributed by atoms with E-state index in [-0.39, 0.29) is 48.6 Å². The summed E-state index contributed by atoms with van der Waals surface area (Å²) in [5, 5.41) is 11.7. The first-order chi connectivity index (χ1) is 22.0. The minimum Gasteiger partial charge on any atom is -0.507 e. The molecule has 1 amide bonds. The molecule has 8 nitrogen and oxygen atoms in total. The Balaban J connectivity index is 1.27. The number of nitrogens with zero attached hydrogens (tertiary/aromatic N) is 4. The van der Waals surface area contributed by atoms with Crippen LogP contribution in [0, 0.1) is 12.7 Å². The molecule has 1 N–H and O–H groups in total. The minimum atomic E-state index is -1.44. The van der Waals surface area contributed by atoms with Crippen LogP contribution in [0.25, 0.3) is 33.2 Å². The van der Waals surface area contributed by atoms with E-state index in [1.165, 1.54) is 34.7 Å². The largest absolute Gasteiger partial charge is 0.507 e. The summed E-state index contributed by atoms with van der Waals surface area (Å²) < 4.78 is 31.8. The van der Waals surface area contributed by atoms with E-state index in [4.69, 9.17) is 11.6 Å². The second-order valence-electron chi connectivity index (χ2n) is 11.4. The zero-order valence-corrected chi connectivity index (χ0v) is 25.8. The van der Waals surface area contributed by atoms with E-state index >= 15 is 4.39 Å². The highest BCUT2D eigenvalue weighted by Crippen LogP contribution is 2.36. The number of benzene rings is 3. The number of aryl methyl sites for hydroxylation is 1. The number of aromatic hydroxyl groups is 1. The minimum absolute atomic E-state index is 0.110. The van der Waals surface area contributed by atoms with Crippen molar-refractivity contribution in [1.29, 1.82) is 0 Å². The summed E-state index contributed by atoms with van der Waals surface area (Å²) in [5.41, 5.74) is 2.52. The number of likely N-dealkylation sites (tertiary alicyclic amines) is 1. The summed E-state index contributed by atoms with van der Waals surface area (Å²) in [6.45, 7) is 2.52. The van der Waals surface area contributed by atoms with Gasteiger partial charge in [0.15, 0.2) is 11.6 Å². The third-order valence-electron chi connectivity index (χ3n) is 8.32. The van der Waals surface area contributed by atoms with Crippen molar-refractivity contribution >= 4 is 40.0 Å². The lowest BCUT2D eigenvalue weighted by atomic mass is 9.97. The fourth-order valence-corrected chi connectivity index (χ4v) is 6.25. The summed E-state index contributed by atoms with van der Waals surface area (Å²) in [4.78, 5) is 49.2. The summed E-state index contributed by atoms with van der Waals surface area (Å²) in [7, 11) is 0. The van der Waals surface area contributed by atoms with Gasteiger partial charge in [0.2, 0.25) is 5.91 Å². The number of Topliss-reactive ketones (excluding diaryl/α,β-unsaturated/α-hetero) is 2. The number of ketones is 2. The van der Waals surface area contributed by atoms with Crippen LogP contribution >= 0.6 is 11.6 Å². The van der Waals surface area contributed by atoms with Gasteiger partial charge in [0.1, 0.15) is 30.1 Å². The van der Waals surface area contributed by atoms with E-state index in [0.29, 0.717) is 44.0 Å². The van der Waals surface area contributed by atoms with Crippen molar-refractivity contribution in [3.63, 3.8) is 0 Å². The van der Waals surface area contributed by atoms with Crippen molar-refractivity contribution < 1.29 is 28.3 Å². The number of carbonyl (C=O) groups is 3. The maximum atomic E-state index is 15.6. The number of halogens is 3. The molecule has 2 atom stereocenters. The highest BCUT2D eigenvalue weighted by molar-refractivity contribution is 6.33. The van der Waals surface area contributed by atoms with Crippen molar-refractivity contribution in [2.75, 3.05) is 6.54 Å². The van der Waals surface area contributed by atoms with E-state index in [2.05, 4.69) is 9.97 Å². The molecule has 1 aliphatic rings. The Hall–Kier alpha value is -4.96. The molecular formula is C35H29ClF2N4O4. The Kier molecular flexibility index (Phi) is 8.39. The van der Waals surface area contributed by atoms with Gasteiger partial charge in [-0.05, 0) is 31.5 Å². The molecule has 234 valence electrons. The molecular weight excluding hydrogens is 614 g/mol. The van der Waals surface area contributed by atoms with Gasteiger partial charge in [0.25, 0.3) is 0 Å². The van der Waals surface area contributed by atoms with Gasteiger partial charge in [-0.2, -0.15) is 0 Å². The van der Waals surface area contributed by atoms with Crippen LogP contribution in [0.5, 0.6) is 5.75 Å². The normalized spacial score (nSPS) is 16.2. The van der Waals surface area contributed by atoms with Crippen molar-refractivity contribution in [2.24, 2.45) is 0 Å².